The van der Waals surface area contributed by atoms with E-state index in [1.54, 1.807) is 31.2 Å². The molecule has 11 heteroatoms. The molecule has 2 aromatic carbocycles. The zero-order chi connectivity index (χ0) is 27.7. The summed E-state index contributed by atoms with van der Waals surface area (Å²) in [5.74, 6) is 0.256. The first-order chi connectivity index (χ1) is 17.9. The fourth-order valence-electron chi connectivity index (χ4n) is 4.47. The van der Waals surface area contributed by atoms with E-state index in [0.29, 0.717) is 18.7 Å². The van der Waals surface area contributed by atoms with E-state index in [0.717, 1.165) is 29.1 Å². The molecule has 0 saturated heterocycles. The van der Waals surface area contributed by atoms with E-state index in [2.05, 4.69) is 29.1 Å². The number of carbonyl (C=O) groups excluding carboxylic acids is 1. The van der Waals surface area contributed by atoms with Gasteiger partial charge in [-0.1, -0.05) is 39.0 Å². The summed E-state index contributed by atoms with van der Waals surface area (Å²) in [5, 5.41) is 2.86. The van der Waals surface area contributed by atoms with Crippen molar-refractivity contribution in [2.45, 2.75) is 50.9 Å². The number of carbonyl (C=O) groups is 1. The molecule has 7 nitrogen and oxygen atoms in total. The fourth-order valence-corrected chi connectivity index (χ4v) is 5.35. The second-order valence-corrected chi connectivity index (χ2v) is 11.9. The smallest absolute Gasteiger partial charge is 0.348 e. The third-order valence-electron chi connectivity index (χ3n) is 6.75. The van der Waals surface area contributed by atoms with Crippen LogP contribution in [-0.2, 0) is 29.1 Å². The van der Waals surface area contributed by atoms with E-state index in [1.807, 2.05) is 11.0 Å². The minimum atomic E-state index is -4.51. The van der Waals surface area contributed by atoms with Crippen LogP contribution in [0.15, 0.2) is 59.8 Å². The average molecular weight is 547 g/mol. The molecule has 0 aliphatic carbocycles. The quantitative estimate of drug-likeness (QED) is 0.450. The number of hydrogen-bond acceptors (Lipinski definition) is 6. The Bertz CT molecular complexity index is 1410. The number of halogens is 3. The van der Waals surface area contributed by atoms with E-state index in [-0.39, 0.29) is 40.9 Å². The Morgan fingerprint density at radius 1 is 1.11 bits per heavy atom. The maximum Gasteiger partial charge on any atom is 0.419 e. The Morgan fingerprint density at radius 2 is 1.76 bits per heavy atom. The zero-order valence-electron chi connectivity index (χ0n) is 21.3. The van der Waals surface area contributed by atoms with Gasteiger partial charge in [-0.2, -0.15) is 13.2 Å². The van der Waals surface area contributed by atoms with Gasteiger partial charge in [-0.3, -0.25) is 4.79 Å². The van der Waals surface area contributed by atoms with Crippen molar-refractivity contribution in [3.05, 3.63) is 82.7 Å². The van der Waals surface area contributed by atoms with Crippen LogP contribution in [-0.4, -0.2) is 36.6 Å². The topological polar surface area (TPSA) is 92.3 Å². The third kappa shape index (κ3) is 5.98. The van der Waals surface area contributed by atoms with Crippen LogP contribution >= 0.6 is 0 Å². The lowest BCUT2D eigenvalue weighted by Crippen LogP contribution is -2.37. The maximum absolute atomic E-state index is 12.9. The van der Waals surface area contributed by atoms with Gasteiger partial charge in [0, 0.05) is 43.5 Å². The molecule has 0 spiro atoms. The lowest BCUT2D eigenvalue weighted by molar-refractivity contribution is -0.138. The molecule has 0 radical (unpaired) electrons. The number of alkyl halides is 3. The molecule has 1 aliphatic heterocycles. The maximum atomic E-state index is 12.9. The van der Waals surface area contributed by atoms with Gasteiger partial charge in [0.1, 0.15) is 0 Å². The molecule has 1 amide bonds. The highest BCUT2D eigenvalue weighted by Gasteiger charge is 2.33. The highest BCUT2D eigenvalue weighted by molar-refractivity contribution is 7.91. The first-order valence-electron chi connectivity index (χ1n) is 12.3. The molecule has 1 aromatic heterocycles. The van der Waals surface area contributed by atoms with Gasteiger partial charge in [0.05, 0.1) is 16.2 Å². The summed E-state index contributed by atoms with van der Waals surface area (Å²) in [4.78, 5) is 22.9. The number of rotatable bonds is 7. The van der Waals surface area contributed by atoms with Crippen LogP contribution in [0.3, 0.4) is 0 Å². The standard InChI is InChI=1S/C27H29F3N4O3S/c1-4-38(36,37)22-8-5-18(6-9-22)12-31-25(35)19-7-10-23-20(11-19)15-34(16-24(23)17(2)3)26-32-13-21(14-33-26)27(28,29)30/h5-11,13-14,17,24H,4,12,15-16H2,1-3H3,(H,31,35)/t24-/m0/s1. The van der Waals surface area contributed by atoms with Crippen molar-refractivity contribution in [2.75, 3.05) is 17.2 Å². The number of aromatic nitrogens is 2. The lowest BCUT2D eigenvalue weighted by Gasteiger charge is -2.37. The lowest BCUT2D eigenvalue weighted by atomic mass is 9.82. The minimum absolute atomic E-state index is 0.0154. The summed E-state index contributed by atoms with van der Waals surface area (Å²) in [7, 11) is -3.29. The molecule has 3 aromatic rings. The number of anilines is 1. The van der Waals surface area contributed by atoms with Crippen LogP contribution in [0.2, 0.25) is 0 Å². The van der Waals surface area contributed by atoms with Crippen LogP contribution in [0, 0.1) is 5.92 Å². The van der Waals surface area contributed by atoms with Crippen molar-refractivity contribution in [3.63, 3.8) is 0 Å². The molecular formula is C27H29F3N4O3S. The van der Waals surface area contributed by atoms with Crippen LogP contribution in [0.5, 0.6) is 0 Å². The number of amides is 1. The molecule has 0 bridgehead atoms. The summed E-state index contributed by atoms with van der Waals surface area (Å²) in [5.41, 5.74) is 2.29. The second kappa shape index (κ2) is 10.7. The predicted octanol–water partition coefficient (Wildman–Crippen LogP) is 4.98. The number of fused-ring (bicyclic) bond motifs is 1. The van der Waals surface area contributed by atoms with Crippen molar-refractivity contribution in [1.82, 2.24) is 15.3 Å². The van der Waals surface area contributed by atoms with E-state index < -0.39 is 21.6 Å². The Labute approximate surface area is 220 Å². The normalized spacial score (nSPS) is 15.9. The number of nitrogens with zero attached hydrogens (tertiary/aromatic N) is 3. The molecule has 0 saturated carbocycles. The van der Waals surface area contributed by atoms with Gasteiger partial charge in [0.2, 0.25) is 5.95 Å². The van der Waals surface area contributed by atoms with E-state index in [4.69, 9.17) is 0 Å². The van der Waals surface area contributed by atoms with Crippen molar-refractivity contribution in [1.29, 1.82) is 0 Å². The van der Waals surface area contributed by atoms with Crippen molar-refractivity contribution in [3.8, 4) is 0 Å². The summed E-state index contributed by atoms with van der Waals surface area (Å²) in [6.07, 6.45) is -2.93. The summed E-state index contributed by atoms with van der Waals surface area (Å²) >= 11 is 0. The molecule has 38 heavy (non-hydrogen) atoms. The molecule has 1 aliphatic rings. The molecule has 202 valence electrons. The number of sulfone groups is 1. The van der Waals surface area contributed by atoms with Gasteiger partial charge in [0.15, 0.2) is 9.84 Å². The van der Waals surface area contributed by atoms with Gasteiger partial charge in [0.25, 0.3) is 5.91 Å². The Kier molecular flexibility index (Phi) is 7.78. The first kappa shape index (κ1) is 27.6. The van der Waals surface area contributed by atoms with E-state index in [1.165, 1.54) is 12.1 Å². The van der Waals surface area contributed by atoms with Crippen LogP contribution in [0.25, 0.3) is 0 Å². The molecule has 0 fully saturated rings. The van der Waals surface area contributed by atoms with Gasteiger partial charge in [-0.25, -0.2) is 18.4 Å². The van der Waals surface area contributed by atoms with Crippen molar-refractivity contribution in [2.24, 2.45) is 5.92 Å². The highest BCUT2D eigenvalue weighted by atomic mass is 32.2. The van der Waals surface area contributed by atoms with Gasteiger partial charge in [-0.05, 0) is 46.9 Å². The van der Waals surface area contributed by atoms with E-state index >= 15 is 0 Å². The fraction of sp³-hybridized carbons (Fsp3) is 0.370. The average Bonchev–Trinajstić information content (AvgIpc) is 2.90. The van der Waals surface area contributed by atoms with E-state index in [9.17, 15) is 26.4 Å². The summed E-state index contributed by atoms with van der Waals surface area (Å²) in [6, 6.07) is 11.9. The minimum Gasteiger partial charge on any atom is -0.348 e. The Hall–Kier alpha value is -3.47. The van der Waals surface area contributed by atoms with Crippen LogP contribution in [0.1, 0.15) is 59.3 Å². The molecule has 0 unspecified atom stereocenters. The van der Waals surface area contributed by atoms with Gasteiger partial charge < -0.3 is 10.2 Å². The predicted molar refractivity (Wildman–Crippen MR) is 137 cm³/mol. The van der Waals surface area contributed by atoms with Crippen LogP contribution in [0.4, 0.5) is 19.1 Å². The first-order valence-corrected chi connectivity index (χ1v) is 13.9. The van der Waals surface area contributed by atoms with Crippen molar-refractivity contribution < 1.29 is 26.4 Å². The zero-order valence-corrected chi connectivity index (χ0v) is 22.1. The summed E-state index contributed by atoms with van der Waals surface area (Å²) in [6.45, 7) is 6.86. The molecule has 1 N–H and O–H groups in total. The van der Waals surface area contributed by atoms with Crippen molar-refractivity contribution >= 4 is 21.7 Å². The Morgan fingerprint density at radius 3 is 2.34 bits per heavy atom. The highest BCUT2D eigenvalue weighted by Crippen LogP contribution is 2.36. The number of hydrogen-bond donors (Lipinski definition) is 1. The largest absolute Gasteiger partial charge is 0.419 e. The Balaban J connectivity index is 1.51. The monoisotopic (exact) mass is 546 g/mol. The van der Waals surface area contributed by atoms with Gasteiger partial charge in [-0.15, -0.1) is 0 Å². The second-order valence-electron chi connectivity index (χ2n) is 9.64. The number of benzene rings is 2. The molecular weight excluding hydrogens is 517 g/mol. The summed E-state index contributed by atoms with van der Waals surface area (Å²) < 4.78 is 62.8. The molecule has 4 rings (SSSR count). The SMILES string of the molecule is CCS(=O)(=O)c1ccc(CNC(=O)c2ccc3c(c2)CN(c2ncc(C(F)(F)F)cn2)C[C@H]3C(C)C)cc1. The number of nitrogens with one attached hydrogen (secondary N) is 1. The van der Waals surface area contributed by atoms with Gasteiger partial charge >= 0.3 is 6.18 Å². The van der Waals surface area contributed by atoms with Crippen LogP contribution < -0.4 is 10.2 Å². The molecule has 1 atom stereocenters. The third-order valence-corrected chi connectivity index (χ3v) is 8.50. The molecule has 2 heterocycles.